The lowest BCUT2D eigenvalue weighted by Crippen LogP contribution is -2.35. The van der Waals surface area contributed by atoms with E-state index in [0.29, 0.717) is 43.1 Å². The number of hydrogen-bond donors (Lipinski definition) is 1. The molecule has 1 aliphatic heterocycles. The quantitative estimate of drug-likeness (QED) is 0.546. The third kappa shape index (κ3) is 6.43. The fourth-order valence-corrected chi connectivity index (χ4v) is 5.16. The summed E-state index contributed by atoms with van der Waals surface area (Å²) in [6.45, 7) is 1.62. The van der Waals surface area contributed by atoms with Crippen LogP contribution in [-0.4, -0.2) is 52.0 Å². The molecular formula is C23H29FN2O5S. The van der Waals surface area contributed by atoms with Gasteiger partial charge in [0.2, 0.25) is 15.9 Å². The van der Waals surface area contributed by atoms with Crippen molar-refractivity contribution in [3.63, 3.8) is 0 Å². The van der Waals surface area contributed by atoms with Crippen molar-refractivity contribution in [2.45, 2.75) is 37.0 Å². The molecule has 1 fully saturated rings. The number of aryl methyl sites for hydroxylation is 1. The van der Waals surface area contributed by atoms with E-state index in [-0.39, 0.29) is 29.6 Å². The molecule has 0 spiro atoms. The molecule has 1 aliphatic rings. The van der Waals surface area contributed by atoms with Gasteiger partial charge in [0.15, 0.2) is 0 Å². The monoisotopic (exact) mass is 464 g/mol. The minimum absolute atomic E-state index is 0.181. The third-order valence-corrected chi connectivity index (χ3v) is 7.23. The van der Waals surface area contributed by atoms with Crippen LogP contribution in [0.1, 0.15) is 31.2 Å². The molecule has 9 heteroatoms. The number of hydrogen-bond acceptors (Lipinski definition) is 5. The summed E-state index contributed by atoms with van der Waals surface area (Å²) in [5, 5.41) is 2.76. The molecule has 2 aromatic rings. The van der Waals surface area contributed by atoms with Gasteiger partial charge in [0.05, 0.1) is 18.6 Å². The highest BCUT2D eigenvalue weighted by Crippen LogP contribution is 2.27. The highest BCUT2D eigenvalue weighted by molar-refractivity contribution is 7.89. The largest absolute Gasteiger partial charge is 0.496 e. The summed E-state index contributed by atoms with van der Waals surface area (Å²) in [5.74, 6) is 0.556. The Hall–Kier alpha value is -2.65. The van der Waals surface area contributed by atoms with Crippen LogP contribution >= 0.6 is 0 Å². The molecule has 0 aliphatic carbocycles. The molecule has 3 rings (SSSR count). The van der Waals surface area contributed by atoms with E-state index in [1.165, 1.54) is 35.7 Å². The zero-order valence-corrected chi connectivity index (χ0v) is 19.0. The second-order valence-corrected chi connectivity index (χ2v) is 9.53. The molecule has 32 heavy (non-hydrogen) atoms. The molecular weight excluding hydrogens is 435 g/mol. The number of methoxy groups -OCH3 is 1. The van der Waals surface area contributed by atoms with E-state index in [1.807, 2.05) is 0 Å². The van der Waals surface area contributed by atoms with Gasteiger partial charge in [-0.05, 0) is 67.3 Å². The van der Waals surface area contributed by atoms with Crippen molar-refractivity contribution in [3.8, 4) is 11.5 Å². The number of carbonyl (C=O) groups excluding carboxylic acids is 1. The molecule has 1 saturated heterocycles. The van der Waals surface area contributed by atoms with E-state index < -0.39 is 10.0 Å². The SMILES string of the molecule is COc1ccc(S(=O)(=O)N2CCCCC2)cc1CCC(=O)NCCOc1ccc(F)cc1. The van der Waals surface area contributed by atoms with Crippen molar-refractivity contribution in [1.82, 2.24) is 9.62 Å². The number of sulfonamides is 1. The maximum absolute atomic E-state index is 13.0. The van der Waals surface area contributed by atoms with Gasteiger partial charge in [0.1, 0.15) is 23.9 Å². The average molecular weight is 465 g/mol. The number of halogens is 1. The number of benzene rings is 2. The van der Waals surface area contributed by atoms with Crippen molar-refractivity contribution < 1.29 is 27.1 Å². The molecule has 174 valence electrons. The maximum atomic E-state index is 13.0. The zero-order valence-electron chi connectivity index (χ0n) is 18.2. The fourth-order valence-electron chi connectivity index (χ4n) is 3.59. The summed E-state index contributed by atoms with van der Waals surface area (Å²) in [7, 11) is -2.04. The Morgan fingerprint density at radius 1 is 1.09 bits per heavy atom. The predicted octanol–water partition coefficient (Wildman–Crippen LogP) is 3.14. The van der Waals surface area contributed by atoms with Gasteiger partial charge in [-0.2, -0.15) is 4.31 Å². The van der Waals surface area contributed by atoms with Gasteiger partial charge in [-0.3, -0.25) is 4.79 Å². The summed E-state index contributed by atoms with van der Waals surface area (Å²) in [5.41, 5.74) is 0.670. The Kier molecular flexibility index (Phi) is 8.46. The Morgan fingerprint density at radius 2 is 1.81 bits per heavy atom. The van der Waals surface area contributed by atoms with Gasteiger partial charge >= 0.3 is 0 Å². The first kappa shape index (κ1) is 24.0. The van der Waals surface area contributed by atoms with Crippen LogP contribution in [0.5, 0.6) is 11.5 Å². The summed E-state index contributed by atoms with van der Waals surface area (Å²) >= 11 is 0. The van der Waals surface area contributed by atoms with E-state index in [4.69, 9.17) is 9.47 Å². The first-order chi connectivity index (χ1) is 15.4. The van der Waals surface area contributed by atoms with Crippen LogP contribution < -0.4 is 14.8 Å². The van der Waals surface area contributed by atoms with Crippen LogP contribution in [0, 0.1) is 5.82 Å². The highest BCUT2D eigenvalue weighted by Gasteiger charge is 2.26. The standard InChI is InChI=1S/C23H29FN2O5S/c1-30-22-11-10-21(32(28,29)26-14-3-2-4-15-26)17-18(22)5-12-23(27)25-13-16-31-20-8-6-19(24)7-9-20/h6-11,17H,2-5,12-16H2,1H3,(H,25,27). The fraction of sp³-hybridized carbons (Fsp3) is 0.435. The van der Waals surface area contributed by atoms with E-state index in [1.54, 1.807) is 18.2 Å². The van der Waals surface area contributed by atoms with E-state index in [0.717, 1.165) is 19.3 Å². The maximum Gasteiger partial charge on any atom is 0.243 e. The van der Waals surface area contributed by atoms with Crippen LogP contribution in [0.2, 0.25) is 0 Å². The van der Waals surface area contributed by atoms with Crippen molar-refractivity contribution in [1.29, 1.82) is 0 Å². The molecule has 0 aromatic heterocycles. The summed E-state index contributed by atoms with van der Waals surface area (Å²) in [4.78, 5) is 12.4. The van der Waals surface area contributed by atoms with Crippen LogP contribution in [0.25, 0.3) is 0 Å². The lowest BCUT2D eigenvalue weighted by Gasteiger charge is -2.26. The van der Waals surface area contributed by atoms with Crippen molar-refractivity contribution in [2.75, 3.05) is 33.4 Å². The van der Waals surface area contributed by atoms with Gasteiger partial charge in [0.25, 0.3) is 0 Å². The number of nitrogens with zero attached hydrogens (tertiary/aromatic N) is 1. The van der Waals surface area contributed by atoms with Gasteiger partial charge in [0, 0.05) is 19.5 Å². The number of piperidine rings is 1. The van der Waals surface area contributed by atoms with Crippen molar-refractivity contribution in [3.05, 3.63) is 53.8 Å². The lowest BCUT2D eigenvalue weighted by atomic mass is 10.1. The Balaban J connectivity index is 1.53. The molecule has 0 saturated carbocycles. The van der Waals surface area contributed by atoms with Crippen LogP contribution in [0.3, 0.4) is 0 Å². The summed E-state index contributed by atoms with van der Waals surface area (Å²) < 4.78 is 51.1. The van der Waals surface area contributed by atoms with Crippen LogP contribution in [0.4, 0.5) is 4.39 Å². The molecule has 1 N–H and O–H groups in total. The van der Waals surface area contributed by atoms with Crippen LogP contribution in [0.15, 0.2) is 47.4 Å². The number of amides is 1. The van der Waals surface area contributed by atoms with Crippen molar-refractivity contribution >= 4 is 15.9 Å². The third-order valence-electron chi connectivity index (χ3n) is 5.33. The lowest BCUT2D eigenvalue weighted by molar-refractivity contribution is -0.121. The Morgan fingerprint density at radius 3 is 2.50 bits per heavy atom. The second-order valence-electron chi connectivity index (χ2n) is 7.59. The molecule has 1 amide bonds. The Bertz CT molecular complexity index is 1010. The normalized spacial score (nSPS) is 14.7. The van der Waals surface area contributed by atoms with E-state index in [2.05, 4.69) is 5.32 Å². The van der Waals surface area contributed by atoms with Gasteiger partial charge in [-0.1, -0.05) is 6.42 Å². The molecule has 1 heterocycles. The van der Waals surface area contributed by atoms with Gasteiger partial charge < -0.3 is 14.8 Å². The molecule has 0 radical (unpaired) electrons. The number of nitrogens with one attached hydrogen (secondary N) is 1. The predicted molar refractivity (Wildman–Crippen MR) is 119 cm³/mol. The van der Waals surface area contributed by atoms with Gasteiger partial charge in [-0.15, -0.1) is 0 Å². The van der Waals surface area contributed by atoms with Gasteiger partial charge in [-0.25, -0.2) is 12.8 Å². The molecule has 0 unspecified atom stereocenters. The first-order valence-corrected chi connectivity index (χ1v) is 12.2. The summed E-state index contributed by atoms with van der Waals surface area (Å²) in [6.07, 6.45) is 3.31. The number of ether oxygens (including phenoxy) is 2. The van der Waals surface area contributed by atoms with Crippen molar-refractivity contribution in [2.24, 2.45) is 0 Å². The number of carbonyl (C=O) groups is 1. The molecule has 0 atom stereocenters. The highest BCUT2D eigenvalue weighted by atomic mass is 32.2. The summed E-state index contributed by atoms with van der Waals surface area (Å²) in [6, 6.07) is 10.5. The van der Waals surface area contributed by atoms with E-state index in [9.17, 15) is 17.6 Å². The smallest absolute Gasteiger partial charge is 0.243 e. The minimum Gasteiger partial charge on any atom is -0.496 e. The molecule has 7 nitrogen and oxygen atoms in total. The first-order valence-electron chi connectivity index (χ1n) is 10.7. The Labute approximate surface area is 188 Å². The zero-order chi connectivity index (χ0) is 23.0. The van der Waals surface area contributed by atoms with E-state index >= 15 is 0 Å². The molecule has 2 aromatic carbocycles. The topological polar surface area (TPSA) is 84.9 Å². The van der Waals surface area contributed by atoms with Crippen LogP contribution in [-0.2, 0) is 21.2 Å². The second kappa shape index (κ2) is 11.3. The average Bonchev–Trinajstić information content (AvgIpc) is 2.82. The minimum atomic E-state index is -3.56. The number of rotatable bonds is 10. The molecule has 0 bridgehead atoms.